The van der Waals surface area contributed by atoms with Crippen LogP contribution in [0.4, 0.5) is 0 Å². The fraction of sp³-hybridized carbons (Fsp3) is 0.476. The van der Waals surface area contributed by atoms with Crippen molar-refractivity contribution in [3.63, 3.8) is 0 Å². The lowest BCUT2D eigenvalue weighted by atomic mass is 9.91. The molecule has 0 aliphatic carbocycles. The molecule has 0 saturated heterocycles. The van der Waals surface area contributed by atoms with Crippen LogP contribution in [-0.2, 0) is 4.57 Å². The van der Waals surface area contributed by atoms with Gasteiger partial charge in [0, 0.05) is 27.6 Å². The van der Waals surface area contributed by atoms with Crippen LogP contribution in [0.1, 0.15) is 116 Å². The number of aryl methyl sites for hydroxylation is 4. The van der Waals surface area contributed by atoms with E-state index in [0.29, 0.717) is 42.3 Å². The summed E-state index contributed by atoms with van der Waals surface area (Å²) in [7, 11) is -4.56. The van der Waals surface area contributed by atoms with Gasteiger partial charge in [-0.25, -0.2) is 0 Å². The first-order valence-electron chi connectivity index (χ1n) is 18.2. The zero-order chi connectivity index (χ0) is 37.8. The molecule has 0 aromatic heterocycles. The van der Waals surface area contributed by atoms with Gasteiger partial charge in [-0.15, -0.1) is 0 Å². The van der Waals surface area contributed by atoms with Crippen molar-refractivity contribution in [3.8, 4) is 0 Å². The normalized spacial score (nSPS) is 12.2. The zero-order valence-electron chi connectivity index (χ0n) is 32.6. The first-order valence-corrected chi connectivity index (χ1v) is 19.9. The number of ketones is 2. The Balaban J connectivity index is 2.32. The molecule has 0 heterocycles. The van der Waals surface area contributed by atoms with Crippen molar-refractivity contribution in [2.75, 3.05) is 52.4 Å². The van der Waals surface area contributed by atoms with Gasteiger partial charge in [0.15, 0.2) is 0 Å². The lowest BCUT2D eigenvalue weighted by Gasteiger charge is -2.35. The van der Waals surface area contributed by atoms with Gasteiger partial charge in [0.1, 0.15) is 13.1 Å². The van der Waals surface area contributed by atoms with Crippen LogP contribution >= 0.6 is 7.14 Å². The molecule has 0 N–H and O–H groups in total. The third-order valence-corrected chi connectivity index (χ3v) is 14.2. The molecule has 0 spiro atoms. The number of hydrogen-bond acceptors (Lipinski definition) is 5. The highest BCUT2D eigenvalue weighted by Crippen LogP contribution is 2.53. The second kappa shape index (κ2) is 16.2. The van der Waals surface area contributed by atoms with E-state index in [0.717, 1.165) is 50.4 Å². The van der Waals surface area contributed by atoms with Gasteiger partial charge in [0.2, 0.25) is 29.8 Å². The molecule has 0 fully saturated rings. The predicted molar refractivity (Wildman–Crippen MR) is 206 cm³/mol. The molecule has 7 nitrogen and oxygen atoms in total. The maximum Gasteiger partial charge on any atom is 0.248 e. The highest BCUT2D eigenvalue weighted by atomic mass is 31.2. The van der Waals surface area contributed by atoms with Crippen LogP contribution in [0.5, 0.6) is 0 Å². The third kappa shape index (κ3) is 7.42. The molecule has 8 heteroatoms. The van der Waals surface area contributed by atoms with Crippen molar-refractivity contribution in [2.45, 2.75) is 83.1 Å². The summed E-state index contributed by atoms with van der Waals surface area (Å²) in [5.74, 6) is -0.149. The lowest BCUT2D eigenvalue weighted by molar-refractivity contribution is -0.915. The number of likely N-dealkylation sites (N-methyl/N-ethyl adjacent to an activating group) is 2. The molecule has 0 atom stereocenters. The van der Waals surface area contributed by atoms with E-state index in [-0.39, 0.29) is 41.1 Å². The fourth-order valence-corrected chi connectivity index (χ4v) is 10.5. The Bertz CT molecular complexity index is 1710. The Kier molecular flexibility index (Phi) is 13.3. The lowest BCUT2D eigenvalue weighted by Crippen LogP contribution is -2.50. The van der Waals surface area contributed by atoms with Gasteiger partial charge in [0.05, 0.1) is 39.3 Å². The molecule has 50 heavy (non-hydrogen) atoms. The summed E-state index contributed by atoms with van der Waals surface area (Å²) in [6.45, 7) is 28.5. The number of nitrogens with zero attached hydrogens (tertiary/aromatic N) is 2. The number of hydrogen-bond donors (Lipinski definition) is 0. The minimum atomic E-state index is -4.56. The smallest absolute Gasteiger partial charge is 0.248 e. The third-order valence-electron chi connectivity index (χ3n) is 11.6. The van der Waals surface area contributed by atoms with Gasteiger partial charge in [-0.2, -0.15) is 0 Å². The van der Waals surface area contributed by atoms with Gasteiger partial charge in [0.25, 0.3) is 0 Å². The van der Waals surface area contributed by atoms with Crippen molar-refractivity contribution < 1.29 is 32.7 Å². The zero-order valence-corrected chi connectivity index (χ0v) is 33.5. The number of carbonyl (C=O) groups is 4. The van der Waals surface area contributed by atoms with Crippen molar-refractivity contribution in [2.24, 2.45) is 0 Å². The van der Waals surface area contributed by atoms with Crippen molar-refractivity contribution in [1.82, 2.24) is 0 Å². The molecular weight excluding hydrogens is 643 g/mol. The minimum absolute atomic E-state index is 0.0745. The van der Waals surface area contributed by atoms with Crippen molar-refractivity contribution in [3.05, 3.63) is 98.1 Å². The van der Waals surface area contributed by atoms with Crippen LogP contribution in [0.3, 0.4) is 0 Å². The number of quaternary nitrogens is 2. The Hall–Kier alpha value is -3.51. The van der Waals surface area contributed by atoms with E-state index in [2.05, 4.69) is 41.5 Å². The number of benzene rings is 3. The minimum Gasteiger partial charge on any atom is -0.318 e. The van der Waals surface area contributed by atoms with Crippen LogP contribution in [0.2, 0.25) is 0 Å². The van der Waals surface area contributed by atoms with Gasteiger partial charge >= 0.3 is 0 Å². The van der Waals surface area contributed by atoms with Gasteiger partial charge in [-0.3, -0.25) is 19.2 Å². The van der Waals surface area contributed by atoms with Gasteiger partial charge in [-0.05, 0) is 116 Å². The second-order valence-corrected chi connectivity index (χ2v) is 16.6. The first kappa shape index (κ1) is 40.9. The summed E-state index contributed by atoms with van der Waals surface area (Å²) in [6.07, 6.45) is 0. The second-order valence-electron chi connectivity index (χ2n) is 14.1. The molecule has 0 saturated carbocycles. The molecule has 3 aromatic carbocycles. The summed E-state index contributed by atoms with van der Waals surface area (Å²) < 4.78 is 16.8. The highest BCUT2D eigenvalue weighted by molar-refractivity contribution is 8.01. The molecule has 0 radical (unpaired) electrons. The average Bonchev–Trinajstić information content (AvgIpc) is 3.09. The molecular formula is C42H59N2O5P+2. The Morgan fingerprint density at radius 1 is 0.500 bits per heavy atom. The van der Waals surface area contributed by atoms with Crippen LogP contribution in [0.15, 0.2) is 42.5 Å². The van der Waals surface area contributed by atoms with Crippen LogP contribution in [0, 0.1) is 41.5 Å². The van der Waals surface area contributed by atoms with Crippen LogP contribution in [-0.4, -0.2) is 83.9 Å². The number of carbonyl (C=O) groups excluding carboxylic acids is 4. The van der Waals surface area contributed by atoms with Gasteiger partial charge in [-0.1, -0.05) is 42.5 Å². The first-order chi connectivity index (χ1) is 23.5. The number of rotatable bonds is 17. The van der Waals surface area contributed by atoms with Crippen LogP contribution in [0.25, 0.3) is 0 Å². The largest absolute Gasteiger partial charge is 0.318 e. The summed E-state index contributed by atoms with van der Waals surface area (Å²) in [5, 5.41) is 0.131. The van der Waals surface area contributed by atoms with E-state index < -0.39 is 18.2 Å². The van der Waals surface area contributed by atoms with E-state index in [1.807, 2.05) is 13.8 Å². The molecule has 0 amide bonds. The molecule has 3 aromatic rings. The van der Waals surface area contributed by atoms with Crippen molar-refractivity contribution >= 4 is 35.1 Å². The van der Waals surface area contributed by atoms with E-state index >= 15 is 14.2 Å². The molecule has 0 aliphatic heterocycles. The van der Waals surface area contributed by atoms with E-state index in [9.17, 15) is 9.59 Å². The quantitative estimate of drug-likeness (QED) is 0.0803. The maximum atomic E-state index is 15.6. The Labute approximate surface area is 300 Å². The summed E-state index contributed by atoms with van der Waals surface area (Å²) in [6, 6.07) is 11.8. The molecule has 0 unspecified atom stereocenters. The average molecular weight is 703 g/mol. The van der Waals surface area contributed by atoms with Gasteiger partial charge < -0.3 is 13.5 Å². The summed E-state index contributed by atoms with van der Waals surface area (Å²) in [5.41, 5.74) is 3.14. The fourth-order valence-electron chi connectivity index (χ4n) is 7.95. The maximum absolute atomic E-state index is 15.6. The van der Waals surface area contributed by atoms with E-state index in [4.69, 9.17) is 0 Å². The Morgan fingerprint density at radius 2 is 0.800 bits per heavy atom. The van der Waals surface area contributed by atoms with Crippen molar-refractivity contribution in [1.29, 1.82) is 0 Å². The van der Waals surface area contributed by atoms with E-state index in [1.54, 1.807) is 70.2 Å². The standard InChI is InChI=1S/C42H59N2O5P/c1-13-43(14-2,15-3)26-35(45)37-28(7)24-30(9)39(32(37)11)41(47)50(49,34-22-20-19-21-23-34)42(48)40-31(10)25-29(8)38(33(40)12)36(46)27-44(16-4,17-5)18-6/h19-25H,13-18,26-27H2,1-12H3/q+2. The molecule has 0 aliphatic rings. The Morgan fingerprint density at radius 3 is 1.10 bits per heavy atom. The highest BCUT2D eigenvalue weighted by Gasteiger charge is 2.46. The topological polar surface area (TPSA) is 85.3 Å². The van der Waals surface area contributed by atoms with E-state index in [1.165, 1.54) is 0 Å². The molecule has 270 valence electrons. The summed E-state index contributed by atoms with van der Waals surface area (Å²) >= 11 is 0. The number of Topliss-reactive ketones (excluding diaryl/α,β-unsaturated/α-hetero) is 2. The molecule has 0 bridgehead atoms. The summed E-state index contributed by atoms with van der Waals surface area (Å²) in [4.78, 5) is 58.1. The van der Waals surface area contributed by atoms with Crippen LogP contribution < -0.4 is 5.30 Å². The molecule has 3 rings (SSSR count). The monoisotopic (exact) mass is 702 g/mol. The SMILES string of the molecule is CC[N+](CC)(CC)CC(=O)c1c(C)cc(C)c(C(=O)P(=O)(C(=O)c2c(C)cc(C)c(C(=O)C[N+](CC)(CC)CC)c2C)c2ccccc2)c1C. The predicted octanol–water partition coefficient (Wildman–Crippen LogP) is 8.32.